The monoisotopic (exact) mass is 273 g/mol. The molecular weight excluding hydrogens is 250 g/mol. The molecule has 1 heterocycles. The van der Waals surface area contributed by atoms with Gasteiger partial charge in [-0.2, -0.15) is 0 Å². The minimum atomic E-state index is -0.524. The summed E-state index contributed by atoms with van der Waals surface area (Å²) in [5.74, 6) is 0.283. The SMILES string of the molecule is CCOC(C(C)C)C(O)Cc1ccc2ccccc2n1. The van der Waals surface area contributed by atoms with Gasteiger partial charge >= 0.3 is 0 Å². The molecule has 0 amide bonds. The highest BCUT2D eigenvalue weighted by Gasteiger charge is 2.23. The Morgan fingerprint density at radius 1 is 1.15 bits per heavy atom. The summed E-state index contributed by atoms with van der Waals surface area (Å²) in [5.41, 5.74) is 1.87. The number of aliphatic hydroxyl groups excluding tert-OH is 1. The molecule has 0 bridgehead atoms. The lowest BCUT2D eigenvalue weighted by Crippen LogP contribution is -2.35. The summed E-state index contributed by atoms with van der Waals surface area (Å²) in [6, 6.07) is 12.0. The van der Waals surface area contributed by atoms with Crippen LogP contribution in [0, 0.1) is 5.92 Å². The van der Waals surface area contributed by atoms with E-state index in [-0.39, 0.29) is 12.0 Å². The normalized spacial score (nSPS) is 14.7. The second-order valence-electron chi connectivity index (χ2n) is 5.43. The predicted octanol–water partition coefficient (Wildman–Crippen LogP) is 3.20. The molecule has 0 aliphatic heterocycles. The van der Waals surface area contributed by atoms with E-state index in [1.807, 2.05) is 37.3 Å². The highest BCUT2D eigenvalue weighted by atomic mass is 16.5. The molecule has 20 heavy (non-hydrogen) atoms. The van der Waals surface area contributed by atoms with Crippen LogP contribution in [0.2, 0.25) is 0 Å². The van der Waals surface area contributed by atoms with Crippen LogP contribution >= 0.6 is 0 Å². The van der Waals surface area contributed by atoms with Gasteiger partial charge in [-0.1, -0.05) is 38.1 Å². The Bertz CT molecular complexity index is 553. The first-order chi connectivity index (χ1) is 9.61. The number of rotatable bonds is 6. The van der Waals surface area contributed by atoms with Crippen molar-refractivity contribution >= 4 is 10.9 Å². The zero-order valence-corrected chi connectivity index (χ0v) is 12.4. The molecule has 1 N–H and O–H groups in total. The fourth-order valence-corrected chi connectivity index (χ4v) is 2.49. The number of pyridine rings is 1. The van der Waals surface area contributed by atoms with Crippen LogP contribution in [0.5, 0.6) is 0 Å². The van der Waals surface area contributed by atoms with Crippen molar-refractivity contribution in [3.05, 3.63) is 42.1 Å². The van der Waals surface area contributed by atoms with E-state index >= 15 is 0 Å². The third-order valence-corrected chi connectivity index (χ3v) is 3.47. The molecule has 2 aromatic rings. The average Bonchev–Trinajstić information content (AvgIpc) is 2.44. The van der Waals surface area contributed by atoms with Gasteiger partial charge in [0.25, 0.3) is 0 Å². The van der Waals surface area contributed by atoms with Crippen molar-refractivity contribution in [2.45, 2.75) is 39.4 Å². The molecule has 0 saturated carbocycles. The van der Waals surface area contributed by atoms with Crippen LogP contribution in [0.4, 0.5) is 0 Å². The van der Waals surface area contributed by atoms with E-state index < -0.39 is 6.10 Å². The number of aliphatic hydroxyl groups is 1. The summed E-state index contributed by atoms with van der Waals surface area (Å²) in [7, 11) is 0. The zero-order valence-electron chi connectivity index (χ0n) is 12.4. The molecule has 0 aliphatic rings. The van der Waals surface area contributed by atoms with Crippen molar-refractivity contribution in [1.29, 1.82) is 0 Å². The van der Waals surface area contributed by atoms with E-state index in [0.29, 0.717) is 13.0 Å². The summed E-state index contributed by atoms with van der Waals surface area (Å²) >= 11 is 0. The van der Waals surface area contributed by atoms with Crippen LogP contribution in [-0.2, 0) is 11.2 Å². The summed E-state index contributed by atoms with van der Waals surface area (Å²) < 4.78 is 5.65. The lowest BCUT2D eigenvalue weighted by molar-refractivity contribution is -0.0565. The van der Waals surface area contributed by atoms with E-state index in [1.54, 1.807) is 0 Å². The van der Waals surface area contributed by atoms with Crippen LogP contribution in [0.25, 0.3) is 10.9 Å². The number of hydrogen-bond donors (Lipinski definition) is 1. The van der Waals surface area contributed by atoms with E-state index in [9.17, 15) is 5.11 Å². The number of benzene rings is 1. The number of hydrogen-bond acceptors (Lipinski definition) is 3. The third kappa shape index (κ3) is 3.56. The molecule has 2 atom stereocenters. The third-order valence-electron chi connectivity index (χ3n) is 3.47. The minimum Gasteiger partial charge on any atom is -0.390 e. The molecule has 0 spiro atoms. The van der Waals surface area contributed by atoms with Crippen LogP contribution in [0.1, 0.15) is 26.5 Å². The summed E-state index contributed by atoms with van der Waals surface area (Å²) in [6.45, 7) is 6.70. The molecule has 3 heteroatoms. The number of para-hydroxylation sites is 1. The lowest BCUT2D eigenvalue weighted by atomic mass is 9.98. The van der Waals surface area contributed by atoms with Gasteiger partial charge in [0, 0.05) is 24.1 Å². The van der Waals surface area contributed by atoms with Crippen molar-refractivity contribution in [2.75, 3.05) is 6.61 Å². The van der Waals surface area contributed by atoms with Crippen molar-refractivity contribution in [2.24, 2.45) is 5.92 Å². The minimum absolute atomic E-state index is 0.145. The molecule has 3 nitrogen and oxygen atoms in total. The van der Waals surface area contributed by atoms with E-state index in [1.165, 1.54) is 0 Å². The maximum atomic E-state index is 10.4. The molecule has 1 aromatic heterocycles. The Kier molecular flexibility index (Phi) is 5.10. The van der Waals surface area contributed by atoms with Crippen LogP contribution in [-0.4, -0.2) is 28.9 Å². The fraction of sp³-hybridized carbons (Fsp3) is 0.471. The second-order valence-corrected chi connectivity index (χ2v) is 5.43. The average molecular weight is 273 g/mol. The van der Waals surface area contributed by atoms with Gasteiger partial charge in [0.1, 0.15) is 0 Å². The predicted molar refractivity (Wildman–Crippen MR) is 81.7 cm³/mol. The second kappa shape index (κ2) is 6.82. The van der Waals surface area contributed by atoms with Gasteiger partial charge < -0.3 is 9.84 Å². The number of fused-ring (bicyclic) bond motifs is 1. The first-order valence-electron chi connectivity index (χ1n) is 7.26. The summed E-state index contributed by atoms with van der Waals surface area (Å²) in [5, 5.41) is 11.5. The van der Waals surface area contributed by atoms with Gasteiger partial charge in [0.2, 0.25) is 0 Å². The maximum Gasteiger partial charge on any atom is 0.0860 e. The van der Waals surface area contributed by atoms with Crippen molar-refractivity contribution in [3.63, 3.8) is 0 Å². The number of nitrogens with zero attached hydrogens (tertiary/aromatic N) is 1. The van der Waals surface area contributed by atoms with Gasteiger partial charge in [-0.25, -0.2) is 0 Å². The lowest BCUT2D eigenvalue weighted by Gasteiger charge is -2.26. The largest absolute Gasteiger partial charge is 0.390 e. The van der Waals surface area contributed by atoms with Crippen LogP contribution < -0.4 is 0 Å². The molecule has 1 aromatic carbocycles. The maximum absolute atomic E-state index is 10.4. The van der Waals surface area contributed by atoms with Gasteiger partial charge in [-0.15, -0.1) is 0 Å². The highest BCUT2D eigenvalue weighted by molar-refractivity contribution is 5.78. The Morgan fingerprint density at radius 3 is 2.60 bits per heavy atom. The Hall–Kier alpha value is -1.45. The summed E-state index contributed by atoms with van der Waals surface area (Å²) in [4.78, 5) is 4.60. The van der Waals surface area contributed by atoms with E-state index in [4.69, 9.17) is 4.74 Å². The molecule has 108 valence electrons. The van der Waals surface area contributed by atoms with Gasteiger partial charge in [-0.05, 0) is 25.0 Å². The standard InChI is InChI=1S/C17H23NO2/c1-4-20-17(12(2)3)16(19)11-14-10-9-13-7-5-6-8-15(13)18-14/h5-10,12,16-17,19H,4,11H2,1-3H3. The van der Waals surface area contributed by atoms with Gasteiger partial charge in [-0.3, -0.25) is 4.98 Å². The van der Waals surface area contributed by atoms with Crippen molar-refractivity contribution in [3.8, 4) is 0 Å². The molecule has 2 unspecified atom stereocenters. The molecule has 2 rings (SSSR count). The topological polar surface area (TPSA) is 42.4 Å². The van der Waals surface area contributed by atoms with Gasteiger partial charge in [0.05, 0.1) is 17.7 Å². The molecular formula is C17H23NO2. The molecule has 0 aliphatic carbocycles. The quantitative estimate of drug-likeness (QED) is 0.879. The fourth-order valence-electron chi connectivity index (χ4n) is 2.49. The first-order valence-corrected chi connectivity index (χ1v) is 7.26. The first kappa shape index (κ1) is 14.9. The molecule has 0 fully saturated rings. The van der Waals surface area contributed by atoms with Crippen molar-refractivity contribution < 1.29 is 9.84 Å². The number of aromatic nitrogens is 1. The summed E-state index contributed by atoms with van der Waals surface area (Å²) in [6.07, 6.45) is -0.148. The zero-order chi connectivity index (χ0) is 14.5. The van der Waals surface area contributed by atoms with Gasteiger partial charge in [0.15, 0.2) is 0 Å². The molecule has 0 radical (unpaired) electrons. The van der Waals surface area contributed by atoms with Crippen LogP contribution in [0.15, 0.2) is 36.4 Å². The van der Waals surface area contributed by atoms with E-state index in [0.717, 1.165) is 16.6 Å². The van der Waals surface area contributed by atoms with E-state index in [2.05, 4.69) is 24.9 Å². The smallest absolute Gasteiger partial charge is 0.0860 e. The van der Waals surface area contributed by atoms with Crippen LogP contribution in [0.3, 0.4) is 0 Å². The Balaban J connectivity index is 2.14. The number of ether oxygens (including phenoxy) is 1. The Labute approximate surface area is 120 Å². The highest BCUT2D eigenvalue weighted by Crippen LogP contribution is 2.17. The van der Waals surface area contributed by atoms with Crippen molar-refractivity contribution in [1.82, 2.24) is 4.98 Å². The molecule has 0 saturated heterocycles. The Morgan fingerprint density at radius 2 is 1.90 bits per heavy atom.